The van der Waals surface area contributed by atoms with Crippen LogP contribution in [0.25, 0.3) is 0 Å². The third kappa shape index (κ3) is 5.16. The fraction of sp³-hybridized carbons (Fsp3) is 0.769. The molecule has 1 rings (SSSR count). The topological polar surface area (TPSA) is 88.1 Å². The minimum atomic E-state index is -0.785. The molecule has 1 aliphatic rings. The van der Waals surface area contributed by atoms with Crippen LogP contribution < -0.4 is 0 Å². The molecule has 1 aliphatic heterocycles. The van der Waals surface area contributed by atoms with Gasteiger partial charge >= 0.3 is 17.9 Å². The molecule has 20 heavy (non-hydrogen) atoms. The van der Waals surface area contributed by atoms with Gasteiger partial charge in [0.1, 0.15) is 18.8 Å². The van der Waals surface area contributed by atoms with Crippen molar-refractivity contribution in [2.45, 2.75) is 58.5 Å². The summed E-state index contributed by atoms with van der Waals surface area (Å²) in [6, 6.07) is 0. The van der Waals surface area contributed by atoms with Crippen molar-refractivity contribution in [3.05, 3.63) is 0 Å². The number of carbonyl (C=O) groups excluding carboxylic acids is 3. The molecule has 0 saturated carbocycles. The van der Waals surface area contributed by atoms with E-state index in [4.69, 9.17) is 18.9 Å². The second-order valence-electron chi connectivity index (χ2n) is 4.75. The quantitative estimate of drug-likeness (QED) is 0.552. The predicted molar refractivity (Wildman–Crippen MR) is 66.7 cm³/mol. The summed E-state index contributed by atoms with van der Waals surface area (Å²) < 4.78 is 20.9. The Kier molecular flexibility index (Phi) is 5.94. The van der Waals surface area contributed by atoms with E-state index in [1.54, 1.807) is 6.92 Å². The Morgan fingerprint density at radius 2 is 1.65 bits per heavy atom. The van der Waals surface area contributed by atoms with Crippen molar-refractivity contribution in [2.75, 3.05) is 6.61 Å². The van der Waals surface area contributed by atoms with Crippen LogP contribution in [0, 0.1) is 0 Å². The van der Waals surface area contributed by atoms with Crippen LogP contribution in [-0.2, 0) is 33.3 Å². The average molecular weight is 288 g/mol. The highest BCUT2D eigenvalue weighted by atomic mass is 16.6. The molecule has 0 aromatic carbocycles. The van der Waals surface area contributed by atoms with Crippen LogP contribution in [0.4, 0.5) is 0 Å². The summed E-state index contributed by atoms with van der Waals surface area (Å²) in [5.41, 5.74) is 0. The maximum atomic E-state index is 11.2. The van der Waals surface area contributed by atoms with Crippen molar-refractivity contribution in [2.24, 2.45) is 0 Å². The van der Waals surface area contributed by atoms with Gasteiger partial charge in [-0.25, -0.2) is 0 Å². The van der Waals surface area contributed by atoms with E-state index in [9.17, 15) is 14.4 Å². The van der Waals surface area contributed by atoms with Crippen molar-refractivity contribution in [3.63, 3.8) is 0 Å². The van der Waals surface area contributed by atoms with Gasteiger partial charge in [0.05, 0.1) is 6.10 Å². The van der Waals surface area contributed by atoms with E-state index in [2.05, 4.69) is 0 Å². The first-order valence-corrected chi connectivity index (χ1v) is 6.42. The van der Waals surface area contributed by atoms with E-state index in [0.29, 0.717) is 6.42 Å². The van der Waals surface area contributed by atoms with E-state index < -0.39 is 36.2 Å². The summed E-state index contributed by atoms with van der Waals surface area (Å²) in [7, 11) is 0. The first-order chi connectivity index (χ1) is 9.29. The zero-order valence-electron chi connectivity index (χ0n) is 12.1. The van der Waals surface area contributed by atoms with Crippen molar-refractivity contribution in [3.8, 4) is 0 Å². The lowest BCUT2D eigenvalue weighted by Gasteiger charge is -2.39. The van der Waals surface area contributed by atoms with Gasteiger partial charge in [0.15, 0.2) is 6.10 Å². The lowest BCUT2D eigenvalue weighted by molar-refractivity contribution is -0.212. The Balaban J connectivity index is 2.82. The normalized spacial score (nSPS) is 29.4. The number of ether oxygens (including phenoxy) is 4. The molecule has 4 atom stereocenters. The third-order valence-electron chi connectivity index (χ3n) is 2.77. The monoisotopic (exact) mass is 288 g/mol. The highest BCUT2D eigenvalue weighted by Gasteiger charge is 2.42. The third-order valence-corrected chi connectivity index (χ3v) is 2.77. The van der Waals surface area contributed by atoms with Gasteiger partial charge in [-0.1, -0.05) is 0 Å². The number of carbonyl (C=O) groups is 3. The Labute approximate surface area is 117 Å². The van der Waals surface area contributed by atoms with Crippen LogP contribution >= 0.6 is 0 Å². The zero-order chi connectivity index (χ0) is 15.3. The summed E-state index contributed by atoms with van der Waals surface area (Å²) in [5, 5.41) is 0. The molecule has 114 valence electrons. The molecule has 7 heteroatoms. The Hall–Kier alpha value is -1.63. The van der Waals surface area contributed by atoms with Crippen LogP contribution in [0.3, 0.4) is 0 Å². The van der Waals surface area contributed by atoms with Gasteiger partial charge in [-0.05, 0) is 6.92 Å². The SMILES string of the molecule is CC(=O)OC[C@H]1O[C@@H](C)C[C@@H](OC(C)=O)[C@H]1OC(C)=O. The Bertz CT molecular complexity index is 379. The predicted octanol–water partition coefficient (Wildman–Crippen LogP) is 0.590. The lowest BCUT2D eigenvalue weighted by atomic mass is 9.98. The molecule has 0 aromatic rings. The average Bonchev–Trinajstić information content (AvgIpc) is 2.28. The van der Waals surface area contributed by atoms with Crippen LogP contribution in [-0.4, -0.2) is 48.9 Å². The molecule has 0 bridgehead atoms. The van der Waals surface area contributed by atoms with Crippen molar-refractivity contribution < 1.29 is 33.3 Å². The van der Waals surface area contributed by atoms with Crippen molar-refractivity contribution in [1.29, 1.82) is 0 Å². The van der Waals surface area contributed by atoms with Crippen molar-refractivity contribution >= 4 is 17.9 Å². The number of esters is 3. The maximum absolute atomic E-state index is 11.2. The highest BCUT2D eigenvalue weighted by Crippen LogP contribution is 2.26. The van der Waals surface area contributed by atoms with Gasteiger partial charge in [0.2, 0.25) is 0 Å². The fourth-order valence-corrected chi connectivity index (χ4v) is 2.14. The summed E-state index contributed by atoms with van der Waals surface area (Å²) in [4.78, 5) is 33.2. The first-order valence-electron chi connectivity index (χ1n) is 6.42. The van der Waals surface area contributed by atoms with E-state index in [-0.39, 0.29) is 12.7 Å². The summed E-state index contributed by atoms with van der Waals surface area (Å²) in [5.74, 6) is -1.44. The number of hydrogen-bond donors (Lipinski definition) is 0. The van der Waals surface area contributed by atoms with E-state index in [0.717, 1.165) is 0 Å². The second kappa shape index (κ2) is 7.23. The Morgan fingerprint density at radius 1 is 1.05 bits per heavy atom. The fourth-order valence-electron chi connectivity index (χ4n) is 2.14. The summed E-state index contributed by atoms with van der Waals surface area (Å²) in [6.45, 7) is 5.56. The highest BCUT2D eigenvalue weighted by molar-refractivity contribution is 5.67. The lowest BCUT2D eigenvalue weighted by Crippen LogP contribution is -2.53. The van der Waals surface area contributed by atoms with Crippen LogP contribution in [0.5, 0.6) is 0 Å². The van der Waals surface area contributed by atoms with Gasteiger partial charge in [-0.3, -0.25) is 14.4 Å². The standard InChI is InChI=1S/C13H20O7/c1-7-5-11(19-9(3)15)13(20-10(4)16)12(18-7)6-17-8(2)14/h7,11-13H,5-6H2,1-4H3/t7-,11+,12+,13+/m0/s1. The van der Waals surface area contributed by atoms with E-state index in [1.807, 2.05) is 0 Å². The summed E-state index contributed by atoms with van der Waals surface area (Å²) in [6.07, 6.45) is -1.84. The van der Waals surface area contributed by atoms with Gasteiger partial charge in [-0.15, -0.1) is 0 Å². The number of hydrogen-bond acceptors (Lipinski definition) is 7. The van der Waals surface area contributed by atoms with E-state index in [1.165, 1.54) is 20.8 Å². The zero-order valence-corrected chi connectivity index (χ0v) is 12.1. The van der Waals surface area contributed by atoms with Gasteiger partial charge in [0, 0.05) is 27.2 Å². The minimum Gasteiger partial charge on any atom is -0.463 e. The molecular weight excluding hydrogens is 268 g/mol. The molecule has 1 fully saturated rings. The Morgan fingerprint density at radius 3 is 2.15 bits per heavy atom. The molecule has 1 saturated heterocycles. The molecule has 0 amide bonds. The van der Waals surface area contributed by atoms with Gasteiger partial charge in [0.25, 0.3) is 0 Å². The second-order valence-corrected chi connectivity index (χ2v) is 4.75. The molecule has 0 aliphatic carbocycles. The maximum Gasteiger partial charge on any atom is 0.303 e. The minimum absolute atomic E-state index is 0.0601. The van der Waals surface area contributed by atoms with Gasteiger partial charge < -0.3 is 18.9 Å². The molecular formula is C13H20O7. The molecule has 0 aromatic heterocycles. The molecule has 0 unspecified atom stereocenters. The molecule has 0 radical (unpaired) electrons. The summed E-state index contributed by atoms with van der Waals surface area (Å²) >= 11 is 0. The van der Waals surface area contributed by atoms with Crippen LogP contribution in [0.2, 0.25) is 0 Å². The van der Waals surface area contributed by atoms with Crippen LogP contribution in [0.1, 0.15) is 34.1 Å². The molecule has 1 heterocycles. The number of rotatable bonds is 4. The van der Waals surface area contributed by atoms with Crippen LogP contribution in [0.15, 0.2) is 0 Å². The smallest absolute Gasteiger partial charge is 0.303 e. The largest absolute Gasteiger partial charge is 0.463 e. The van der Waals surface area contributed by atoms with E-state index >= 15 is 0 Å². The molecule has 0 N–H and O–H groups in total. The van der Waals surface area contributed by atoms with Crippen molar-refractivity contribution in [1.82, 2.24) is 0 Å². The molecule has 7 nitrogen and oxygen atoms in total. The molecule has 0 spiro atoms. The first kappa shape index (κ1) is 16.4. The van der Waals surface area contributed by atoms with Gasteiger partial charge in [-0.2, -0.15) is 0 Å².